The third kappa shape index (κ3) is 2.56. The van der Waals surface area contributed by atoms with Crippen LogP contribution in [0.25, 0.3) is 4.96 Å². The molecular weight excluding hydrogens is 272 g/mol. The van der Waals surface area contributed by atoms with Crippen LogP contribution in [0.15, 0.2) is 16.2 Å². The Morgan fingerprint density at radius 2 is 2.39 bits per heavy atom. The molecule has 0 saturated heterocycles. The van der Waals surface area contributed by atoms with Crippen LogP contribution in [0.5, 0.6) is 0 Å². The Morgan fingerprint density at radius 3 is 3.06 bits per heavy atom. The molecule has 0 unspecified atom stereocenters. The molecule has 7 heteroatoms. The van der Waals surface area contributed by atoms with Crippen molar-refractivity contribution >= 4 is 34.0 Å². The molecule has 0 radical (unpaired) electrons. The molecule has 18 heavy (non-hydrogen) atoms. The van der Waals surface area contributed by atoms with E-state index in [2.05, 4.69) is 4.98 Å². The summed E-state index contributed by atoms with van der Waals surface area (Å²) in [4.78, 5) is 27.6. The smallest absolute Gasteiger partial charge is 0.316 e. The van der Waals surface area contributed by atoms with Gasteiger partial charge in [0, 0.05) is 22.9 Å². The second-order valence-electron chi connectivity index (χ2n) is 3.87. The van der Waals surface area contributed by atoms with Crippen LogP contribution >= 0.6 is 23.1 Å². The quantitative estimate of drug-likeness (QED) is 0.926. The van der Waals surface area contributed by atoms with Crippen molar-refractivity contribution in [2.45, 2.75) is 24.9 Å². The van der Waals surface area contributed by atoms with Crippen molar-refractivity contribution in [3.63, 3.8) is 0 Å². The number of carboxylic acid groups (broad SMARTS) is 1. The van der Waals surface area contributed by atoms with Gasteiger partial charge in [0.25, 0.3) is 5.56 Å². The number of hydrogen-bond donors (Lipinski definition) is 1. The lowest BCUT2D eigenvalue weighted by atomic mass is 10.4. The number of aryl methyl sites for hydroxylation is 1. The van der Waals surface area contributed by atoms with Crippen LogP contribution in [0.1, 0.15) is 18.3 Å². The molecule has 0 aliphatic carbocycles. The number of thioether (sulfide) groups is 1. The topological polar surface area (TPSA) is 71.7 Å². The Labute approximate surface area is 111 Å². The Hall–Kier alpha value is -1.34. The van der Waals surface area contributed by atoms with Gasteiger partial charge in [-0.1, -0.05) is 0 Å². The van der Waals surface area contributed by atoms with Crippen molar-refractivity contribution in [3.8, 4) is 0 Å². The molecule has 96 valence electrons. The zero-order valence-corrected chi connectivity index (χ0v) is 11.5. The lowest BCUT2D eigenvalue weighted by Gasteiger charge is -2.05. The highest BCUT2D eigenvalue weighted by atomic mass is 32.2. The van der Waals surface area contributed by atoms with Gasteiger partial charge in [0.1, 0.15) is 0 Å². The summed E-state index contributed by atoms with van der Waals surface area (Å²) in [6.07, 6.45) is 0. The molecule has 0 fully saturated rings. The third-order valence-electron chi connectivity index (χ3n) is 2.46. The van der Waals surface area contributed by atoms with Gasteiger partial charge in [-0.3, -0.25) is 14.0 Å². The van der Waals surface area contributed by atoms with E-state index in [0.717, 1.165) is 5.69 Å². The lowest BCUT2D eigenvalue weighted by molar-refractivity contribution is -0.136. The van der Waals surface area contributed by atoms with Crippen LogP contribution in [-0.4, -0.2) is 25.7 Å². The number of carboxylic acids is 1. The molecule has 0 bridgehead atoms. The predicted octanol–water partition coefficient (Wildman–Crippen LogP) is 1.77. The van der Waals surface area contributed by atoms with Crippen molar-refractivity contribution in [2.24, 2.45) is 0 Å². The van der Waals surface area contributed by atoms with Gasteiger partial charge in [0.15, 0.2) is 4.96 Å². The highest BCUT2D eigenvalue weighted by Gasteiger charge is 2.13. The third-order valence-corrected chi connectivity index (χ3v) is 4.57. The summed E-state index contributed by atoms with van der Waals surface area (Å²) in [7, 11) is 0. The molecule has 2 aromatic rings. The number of thiazole rings is 1. The number of rotatable bonds is 4. The maximum Gasteiger partial charge on any atom is 0.316 e. The standard InChI is InChI=1S/C11H12N2O3S2/c1-6-4-18-11-12-8(3-9(14)13(6)11)5-17-7(2)10(15)16/h3-4,7H,5H2,1-2H3,(H,15,16)/t7-/m1/s1. The second-order valence-corrected chi connectivity index (χ2v) is 6.04. The fourth-order valence-corrected chi connectivity index (χ4v) is 3.06. The first kappa shape index (κ1) is 13.1. The van der Waals surface area contributed by atoms with Gasteiger partial charge in [-0.2, -0.15) is 0 Å². The van der Waals surface area contributed by atoms with Crippen LogP contribution in [0.3, 0.4) is 0 Å². The summed E-state index contributed by atoms with van der Waals surface area (Å²) in [6, 6.07) is 1.47. The molecule has 2 heterocycles. The van der Waals surface area contributed by atoms with Crippen LogP contribution in [-0.2, 0) is 10.5 Å². The monoisotopic (exact) mass is 284 g/mol. The average Bonchev–Trinajstić information content (AvgIpc) is 2.68. The van der Waals surface area contributed by atoms with Crippen LogP contribution in [0, 0.1) is 6.92 Å². The normalized spacial score (nSPS) is 12.8. The van der Waals surface area contributed by atoms with Gasteiger partial charge < -0.3 is 5.11 Å². The molecule has 5 nitrogen and oxygen atoms in total. The van der Waals surface area contributed by atoms with E-state index < -0.39 is 11.2 Å². The summed E-state index contributed by atoms with van der Waals surface area (Å²) in [5.74, 6) is -0.430. The number of carbonyl (C=O) groups is 1. The molecular formula is C11H12N2O3S2. The summed E-state index contributed by atoms with van der Waals surface area (Å²) in [6.45, 7) is 3.47. The highest BCUT2D eigenvalue weighted by Crippen LogP contribution is 2.18. The molecule has 2 aromatic heterocycles. The van der Waals surface area contributed by atoms with Crippen molar-refractivity contribution in [3.05, 3.63) is 33.2 Å². The molecule has 0 aliphatic heterocycles. The minimum atomic E-state index is -0.857. The van der Waals surface area contributed by atoms with E-state index in [9.17, 15) is 9.59 Å². The van der Waals surface area contributed by atoms with Crippen LogP contribution in [0.2, 0.25) is 0 Å². The average molecular weight is 284 g/mol. The molecule has 0 spiro atoms. The van der Waals surface area contributed by atoms with E-state index in [1.807, 2.05) is 12.3 Å². The second kappa shape index (κ2) is 5.11. The van der Waals surface area contributed by atoms with Crippen molar-refractivity contribution in [1.29, 1.82) is 0 Å². The summed E-state index contributed by atoms with van der Waals surface area (Å²) in [5, 5.41) is 10.2. The highest BCUT2D eigenvalue weighted by molar-refractivity contribution is 7.99. The van der Waals surface area contributed by atoms with Gasteiger partial charge in [-0.25, -0.2) is 4.98 Å². The molecule has 0 aliphatic rings. The molecule has 0 aromatic carbocycles. The Morgan fingerprint density at radius 1 is 1.67 bits per heavy atom. The molecule has 1 N–H and O–H groups in total. The van der Waals surface area contributed by atoms with Gasteiger partial charge >= 0.3 is 5.97 Å². The Balaban J connectivity index is 2.25. The predicted molar refractivity (Wildman–Crippen MR) is 72.5 cm³/mol. The fourth-order valence-electron chi connectivity index (χ4n) is 1.46. The van der Waals surface area contributed by atoms with Crippen molar-refractivity contribution in [1.82, 2.24) is 9.38 Å². The van der Waals surface area contributed by atoms with Crippen LogP contribution in [0.4, 0.5) is 0 Å². The number of aromatic nitrogens is 2. The number of fused-ring (bicyclic) bond motifs is 1. The minimum Gasteiger partial charge on any atom is -0.480 e. The molecule has 0 amide bonds. The zero-order chi connectivity index (χ0) is 13.3. The maximum atomic E-state index is 11.9. The zero-order valence-electron chi connectivity index (χ0n) is 9.91. The summed E-state index contributed by atoms with van der Waals surface area (Å²) in [5.41, 5.74) is 1.38. The van der Waals surface area contributed by atoms with Crippen molar-refractivity contribution in [2.75, 3.05) is 0 Å². The minimum absolute atomic E-state index is 0.114. The number of aliphatic carboxylic acids is 1. The van der Waals surface area contributed by atoms with Gasteiger partial charge in [-0.05, 0) is 13.8 Å². The maximum absolute atomic E-state index is 11.9. The summed E-state index contributed by atoms with van der Waals surface area (Å²) >= 11 is 2.67. The van der Waals surface area contributed by atoms with E-state index in [0.29, 0.717) is 16.4 Å². The SMILES string of the molecule is Cc1csc2nc(CS[C@H](C)C(=O)O)cc(=O)n12. The number of nitrogens with zero attached hydrogens (tertiary/aromatic N) is 2. The Bertz CT molecular complexity index is 647. The first-order valence-corrected chi connectivity index (χ1v) is 7.23. The largest absolute Gasteiger partial charge is 0.480 e. The molecule has 1 atom stereocenters. The van der Waals surface area contributed by atoms with Gasteiger partial charge in [0.05, 0.1) is 10.9 Å². The van der Waals surface area contributed by atoms with E-state index in [-0.39, 0.29) is 5.56 Å². The number of hydrogen-bond acceptors (Lipinski definition) is 5. The van der Waals surface area contributed by atoms with Crippen molar-refractivity contribution < 1.29 is 9.90 Å². The molecule has 2 rings (SSSR count). The fraction of sp³-hybridized carbons (Fsp3) is 0.364. The van der Waals surface area contributed by atoms with Gasteiger partial charge in [-0.15, -0.1) is 23.1 Å². The summed E-state index contributed by atoms with van der Waals surface area (Å²) < 4.78 is 1.56. The molecule has 0 saturated carbocycles. The van der Waals surface area contributed by atoms with E-state index in [4.69, 9.17) is 5.11 Å². The first-order valence-electron chi connectivity index (χ1n) is 5.30. The van der Waals surface area contributed by atoms with Gasteiger partial charge in [0.2, 0.25) is 0 Å². The first-order chi connectivity index (χ1) is 8.49. The van der Waals surface area contributed by atoms with E-state index in [1.54, 1.807) is 11.3 Å². The van der Waals surface area contributed by atoms with E-state index in [1.165, 1.54) is 29.2 Å². The van der Waals surface area contributed by atoms with E-state index >= 15 is 0 Å². The lowest BCUT2D eigenvalue weighted by Crippen LogP contribution is -2.16. The van der Waals surface area contributed by atoms with Crippen LogP contribution < -0.4 is 5.56 Å². The Kier molecular flexibility index (Phi) is 3.72.